The van der Waals surface area contributed by atoms with Crippen molar-refractivity contribution >= 4 is 23.9 Å². The molecule has 11 nitrogen and oxygen atoms in total. The van der Waals surface area contributed by atoms with E-state index in [9.17, 15) is 40.7 Å². The van der Waals surface area contributed by atoms with E-state index >= 15 is 0 Å². The molecule has 1 amide bonds. The fraction of sp³-hybridized carbons (Fsp3) is 0.611. The second kappa shape index (κ2) is 13.6. The average molecular weight is 576 g/mol. The van der Waals surface area contributed by atoms with Gasteiger partial charge in [0.25, 0.3) is 0 Å². The van der Waals surface area contributed by atoms with E-state index in [0.29, 0.717) is 0 Å². The number of sulfonamides is 1. The van der Waals surface area contributed by atoms with Crippen molar-refractivity contribution in [3.8, 4) is 0 Å². The first kappa shape index (κ1) is 34.3. The number of morpholine rings is 1. The van der Waals surface area contributed by atoms with E-state index in [2.05, 4.69) is 9.26 Å². The Kier molecular flexibility index (Phi) is 12.9. The number of phosphoric acid groups is 1. The van der Waals surface area contributed by atoms with E-state index in [1.165, 1.54) is 16.4 Å². The first-order valence-corrected chi connectivity index (χ1v) is 13.0. The van der Waals surface area contributed by atoms with Gasteiger partial charge in [-0.2, -0.15) is 17.5 Å². The summed E-state index contributed by atoms with van der Waals surface area (Å²) >= 11 is 0. The molecule has 192 valence electrons. The Labute approximate surface area is 250 Å². The second-order valence-electron chi connectivity index (χ2n) is 7.83. The molecule has 0 saturated carbocycles. The standard InChI is InChI=1S/C18H24F3N2O9PS.2Na/c19-18(20,21)15(12-31-33(25,26)27)32-16(24)22-8-6-17(7-9-22)13-23(10-11-30-17)34(28,29)14-4-2-1-3-5-14;;/h1-5,15H,6-13H2,(H2,25,26,27);;/q;2*+1/p-2/t15-;;/m1../s1. The number of alkyl halides is 3. The van der Waals surface area contributed by atoms with Gasteiger partial charge in [0.05, 0.1) is 31.5 Å². The van der Waals surface area contributed by atoms with Gasteiger partial charge in [0.15, 0.2) is 0 Å². The number of halogens is 3. The van der Waals surface area contributed by atoms with Crippen molar-refractivity contribution in [3.63, 3.8) is 0 Å². The minimum absolute atomic E-state index is 0. The van der Waals surface area contributed by atoms with Crippen LogP contribution < -0.4 is 68.9 Å². The summed E-state index contributed by atoms with van der Waals surface area (Å²) in [6.07, 6.45) is -9.24. The molecule has 18 heteroatoms. The zero-order valence-electron chi connectivity index (χ0n) is 19.7. The minimum atomic E-state index is -5.70. The molecule has 2 fully saturated rings. The number of hydrogen-bond acceptors (Lipinski definition) is 9. The van der Waals surface area contributed by atoms with Crippen molar-refractivity contribution in [1.29, 1.82) is 0 Å². The van der Waals surface area contributed by atoms with Crippen LogP contribution >= 0.6 is 7.82 Å². The molecule has 0 unspecified atom stereocenters. The number of benzene rings is 1. The summed E-state index contributed by atoms with van der Waals surface area (Å²) in [6.45, 7) is -1.63. The Bertz CT molecular complexity index is 1020. The van der Waals surface area contributed by atoms with Crippen LogP contribution in [0.1, 0.15) is 12.8 Å². The number of carbonyl (C=O) groups is 1. The normalized spacial score (nSPS) is 19.6. The fourth-order valence-electron chi connectivity index (χ4n) is 3.71. The molecule has 1 atom stereocenters. The number of likely N-dealkylation sites (tertiary alicyclic amines) is 1. The summed E-state index contributed by atoms with van der Waals surface area (Å²) in [6, 6.07) is 7.81. The predicted octanol–water partition coefficient (Wildman–Crippen LogP) is -5.54. The van der Waals surface area contributed by atoms with Gasteiger partial charge in [0.1, 0.15) is 0 Å². The number of nitrogens with zero attached hydrogens (tertiary/aromatic N) is 2. The topological polar surface area (TPSA) is 149 Å². The predicted molar refractivity (Wildman–Crippen MR) is 105 cm³/mol. The van der Waals surface area contributed by atoms with E-state index in [-0.39, 0.29) is 110 Å². The van der Waals surface area contributed by atoms with Gasteiger partial charge >= 0.3 is 71.4 Å². The Morgan fingerprint density at radius 1 is 1.14 bits per heavy atom. The van der Waals surface area contributed by atoms with Crippen LogP contribution in [0.3, 0.4) is 0 Å². The van der Waals surface area contributed by atoms with Crippen molar-refractivity contribution in [2.45, 2.75) is 35.6 Å². The van der Waals surface area contributed by atoms with Crippen LogP contribution in [0, 0.1) is 0 Å². The molecule has 36 heavy (non-hydrogen) atoms. The Morgan fingerprint density at radius 2 is 1.72 bits per heavy atom. The molecule has 2 saturated heterocycles. The molecule has 0 bridgehead atoms. The third-order valence-corrected chi connectivity index (χ3v) is 7.84. The van der Waals surface area contributed by atoms with Gasteiger partial charge in [-0.25, -0.2) is 13.2 Å². The van der Waals surface area contributed by atoms with Gasteiger partial charge in [-0.15, -0.1) is 0 Å². The summed E-state index contributed by atoms with van der Waals surface area (Å²) in [7, 11) is -9.49. The molecule has 0 N–H and O–H groups in total. The van der Waals surface area contributed by atoms with Crippen molar-refractivity contribution in [1.82, 2.24) is 9.21 Å². The Balaban J connectivity index is 0.00000324. The molecular weight excluding hydrogens is 554 g/mol. The summed E-state index contributed by atoms with van der Waals surface area (Å²) in [5.41, 5.74) is -0.929. The maximum Gasteiger partial charge on any atom is 1.00 e. The zero-order valence-corrected chi connectivity index (χ0v) is 25.4. The number of phosphoric ester groups is 1. The molecule has 2 aliphatic heterocycles. The zero-order chi connectivity index (χ0) is 25.2. The van der Waals surface area contributed by atoms with E-state index in [1.807, 2.05) is 0 Å². The van der Waals surface area contributed by atoms with E-state index < -0.39 is 48.4 Å². The van der Waals surface area contributed by atoms with Crippen LogP contribution in [0.4, 0.5) is 18.0 Å². The van der Waals surface area contributed by atoms with Crippen LogP contribution in [0.5, 0.6) is 0 Å². The third kappa shape index (κ3) is 9.18. The number of rotatable bonds is 6. The fourth-order valence-corrected chi connectivity index (χ4v) is 5.54. The molecule has 0 radical (unpaired) electrons. The number of piperidine rings is 1. The van der Waals surface area contributed by atoms with Crippen LogP contribution in [-0.4, -0.2) is 81.0 Å². The number of carbonyl (C=O) groups excluding carboxylic acids is 1. The first-order chi connectivity index (χ1) is 15.7. The van der Waals surface area contributed by atoms with E-state index in [0.717, 1.165) is 4.90 Å². The average Bonchev–Trinajstić information content (AvgIpc) is 2.76. The maximum absolute atomic E-state index is 13.1. The first-order valence-electron chi connectivity index (χ1n) is 10.1. The molecule has 2 heterocycles. The Hall–Kier alpha value is 0.260. The van der Waals surface area contributed by atoms with E-state index in [1.54, 1.807) is 18.2 Å². The van der Waals surface area contributed by atoms with Crippen molar-refractivity contribution < 1.29 is 114 Å². The monoisotopic (exact) mass is 576 g/mol. The van der Waals surface area contributed by atoms with E-state index in [4.69, 9.17) is 4.74 Å². The van der Waals surface area contributed by atoms with Crippen LogP contribution in [0.15, 0.2) is 35.2 Å². The SMILES string of the molecule is O=C(O[C@H](COP(=O)([O-])[O-])C(F)(F)F)N1CCC2(CC1)CN(S(=O)(=O)c1ccccc1)CCO2.[Na+].[Na+]. The summed E-state index contributed by atoms with van der Waals surface area (Å²) in [5.74, 6) is 0. The smallest absolute Gasteiger partial charge is 0.790 e. The number of hydrogen-bond donors (Lipinski definition) is 0. The molecule has 0 aliphatic carbocycles. The maximum atomic E-state index is 13.1. The van der Waals surface area contributed by atoms with Crippen molar-refractivity contribution in [2.75, 3.05) is 39.4 Å². The van der Waals surface area contributed by atoms with Crippen molar-refractivity contribution in [3.05, 3.63) is 30.3 Å². The molecule has 1 spiro atoms. The van der Waals surface area contributed by atoms with Gasteiger partial charge < -0.3 is 33.2 Å². The van der Waals surface area contributed by atoms with Gasteiger partial charge in [0.2, 0.25) is 16.1 Å². The minimum Gasteiger partial charge on any atom is -0.790 e. The number of ether oxygens (including phenoxy) is 2. The number of amides is 1. The summed E-state index contributed by atoms with van der Waals surface area (Å²) in [4.78, 5) is 34.3. The Morgan fingerprint density at radius 3 is 2.25 bits per heavy atom. The summed E-state index contributed by atoms with van der Waals surface area (Å²) < 4.78 is 90.6. The van der Waals surface area contributed by atoms with Gasteiger partial charge in [-0.05, 0) is 25.0 Å². The quantitative estimate of drug-likeness (QED) is 0.239. The van der Waals surface area contributed by atoms with Crippen LogP contribution in [0.25, 0.3) is 0 Å². The molecule has 1 aromatic carbocycles. The van der Waals surface area contributed by atoms with Gasteiger partial charge in [0, 0.05) is 26.2 Å². The second-order valence-corrected chi connectivity index (χ2v) is 10.9. The van der Waals surface area contributed by atoms with Gasteiger partial charge in [-0.3, -0.25) is 0 Å². The van der Waals surface area contributed by atoms with Crippen LogP contribution in [0.2, 0.25) is 0 Å². The molecule has 0 aromatic heterocycles. The van der Waals surface area contributed by atoms with Gasteiger partial charge in [-0.1, -0.05) is 18.2 Å². The van der Waals surface area contributed by atoms with Crippen LogP contribution in [-0.2, 0) is 28.6 Å². The van der Waals surface area contributed by atoms with Crippen molar-refractivity contribution in [2.24, 2.45) is 0 Å². The molecule has 3 rings (SSSR count). The molecule has 2 aliphatic rings. The largest absolute Gasteiger partial charge is 1.00 e. The third-order valence-electron chi connectivity index (χ3n) is 5.52. The molecular formula is C18H22F3N2Na2O9PS. The molecule has 1 aromatic rings. The summed E-state index contributed by atoms with van der Waals surface area (Å²) in [5, 5.41) is 0.